The van der Waals surface area contributed by atoms with Gasteiger partial charge >= 0.3 is 5.97 Å². The lowest BCUT2D eigenvalue weighted by atomic mass is 9.94. The largest absolute Gasteiger partial charge is 0.478 e. The van der Waals surface area contributed by atoms with E-state index in [0.29, 0.717) is 44.7 Å². The topological polar surface area (TPSA) is 66.8 Å². The standard InChI is InChI=1S/C15H19NO4/c1-2-20-9-7-14(17)16-8-6-12-11(10-16)4-3-5-13(12)15(18)19/h3-5H,2,6-10H2,1H3,(H,18,19). The Labute approximate surface area is 118 Å². The van der Waals surface area contributed by atoms with E-state index in [-0.39, 0.29) is 5.91 Å². The van der Waals surface area contributed by atoms with Crippen molar-refractivity contribution in [1.82, 2.24) is 4.90 Å². The van der Waals surface area contributed by atoms with Gasteiger partial charge in [-0.15, -0.1) is 0 Å². The van der Waals surface area contributed by atoms with Gasteiger partial charge in [-0.2, -0.15) is 0 Å². The lowest BCUT2D eigenvalue weighted by molar-refractivity contribution is -0.133. The molecule has 1 aliphatic heterocycles. The number of rotatable bonds is 5. The maximum Gasteiger partial charge on any atom is 0.335 e. The highest BCUT2D eigenvalue weighted by atomic mass is 16.5. The highest BCUT2D eigenvalue weighted by Gasteiger charge is 2.23. The second-order valence-electron chi connectivity index (χ2n) is 4.76. The lowest BCUT2D eigenvalue weighted by Gasteiger charge is -2.29. The molecule has 0 saturated heterocycles. The predicted molar refractivity (Wildman–Crippen MR) is 73.6 cm³/mol. The van der Waals surface area contributed by atoms with Crippen molar-refractivity contribution in [2.24, 2.45) is 0 Å². The number of amides is 1. The predicted octanol–water partition coefficient (Wildman–Crippen LogP) is 1.70. The summed E-state index contributed by atoms with van der Waals surface area (Å²) < 4.78 is 5.19. The number of carboxylic acid groups (broad SMARTS) is 1. The second kappa shape index (κ2) is 6.52. The van der Waals surface area contributed by atoms with Crippen LogP contribution in [0.2, 0.25) is 0 Å². The van der Waals surface area contributed by atoms with Crippen molar-refractivity contribution in [2.75, 3.05) is 19.8 Å². The summed E-state index contributed by atoms with van der Waals surface area (Å²) in [7, 11) is 0. The average Bonchev–Trinajstić information content (AvgIpc) is 2.46. The maximum absolute atomic E-state index is 12.0. The number of hydrogen-bond donors (Lipinski definition) is 1. The van der Waals surface area contributed by atoms with E-state index in [4.69, 9.17) is 9.84 Å². The van der Waals surface area contributed by atoms with Crippen LogP contribution in [0, 0.1) is 0 Å². The minimum Gasteiger partial charge on any atom is -0.478 e. The molecule has 5 nitrogen and oxygen atoms in total. The summed E-state index contributed by atoms with van der Waals surface area (Å²) in [6, 6.07) is 5.24. The molecule has 0 unspecified atom stereocenters. The van der Waals surface area contributed by atoms with Crippen LogP contribution in [0.15, 0.2) is 18.2 Å². The first-order valence-electron chi connectivity index (χ1n) is 6.83. The van der Waals surface area contributed by atoms with Crippen LogP contribution in [-0.2, 0) is 22.5 Å². The zero-order chi connectivity index (χ0) is 14.5. The molecule has 1 aliphatic rings. The van der Waals surface area contributed by atoms with Gasteiger partial charge in [0.15, 0.2) is 0 Å². The van der Waals surface area contributed by atoms with Crippen molar-refractivity contribution in [3.05, 3.63) is 34.9 Å². The van der Waals surface area contributed by atoms with Gasteiger partial charge in [0.1, 0.15) is 0 Å². The molecule has 0 radical (unpaired) electrons. The molecule has 0 aliphatic carbocycles. The summed E-state index contributed by atoms with van der Waals surface area (Å²) in [5.41, 5.74) is 2.14. The molecule has 0 saturated carbocycles. The normalized spacial score (nSPS) is 13.9. The lowest BCUT2D eigenvalue weighted by Crippen LogP contribution is -2.37. The molecular formula is C15H19NO4. The number of hydrogen-bond acceptors (Lipinski definition) is 3. The molecule has 1 aromatic rings. The summed E-state index contributed by atoms with van der Waals surface area (Å²) in [5, 5.41) is 9.16. The number of ether oxygens (including phenoxy) is 1. The van der Waals surface area contributed by atoms with Crippen LogP contribution in [-0.4, -0.2) is 41.6 Å². The highest BCUT2D eigenvalue weighted by Crippen LogP contribution is 2.23. The van der Waals surface area contributed by atoms with E-state index in [1.54, 1.807) is 17.0 Å². The van der Waals surface area contributed by atoms with E-state index >= 15 is 0 Å². The molecule has 20 heavy (non-hydrogen) atoms. The molecule has 108 valence electrons. The number of benzene rings is 1. The van der Waals surface area contributed by atoms with Gasteiger partial charge in [-0.3, -0.25) is 4.79 Å². The van der Waals surface area contributed by atoms with Crippen molar-refractivity contribution in [2.45, 2.75) is 26.3 Å². The number of fused-ring (bicyclic) bond motifs is 1. The van der Waals surface area contributed by atoms with Gasteiger partial charge in [0.2, 0.25) is 5.91 Å². The fourth-order valence-corrected chi connectivity index (χ4v) is 2.48. The fraction of sp³-hybridized carbons (Fsp3) is 0.467. The Balaban J connectivity index is 2.06. The molecule has 1 amide bonds. The molecule has 1 N–H and O–H groups in total. The van der Waals surface area contributed by atoms with Crippen LogP contribution in [0.5, 0.6) is 0 Å². The highest BCUT2D eigenvalue weighted by molar-refractivity contribution is 5.90. The van der Waals surface area contributed by atoms with Gasteiger partial charge in [-0.25, -0.2) is 4.79 Å². The number of aromatic carboxylic acids is 1. The zero-order valence-electron chi connectivity index (χ0n) is 11.6. The van der Waals surface area contributed by atoms with Crippen LogP contribution in [0.1, 0.15) is 34.8 Å². The molecule has 0 atom stereocenters. The first kappa shape index (κ1) is 14.5. The average molecular weight is 277 g/mol. The second-order valence-corrected chi connectivity index (χ2v) is 4.76. The number of carbonyl (C=O) groups is 2. The minimum atomic E-state index is -0.905. The Hall–Kier alpha value is -1.88. The molecule has 0 aromatic heterocycles. The molecule has 0 bridgehead atoms. The van der Waals surface area contributed by atoms with E-state index in [2.05, 4.69) is 0 Å². The van der Waals surface area contributed by atoms with Crippen molar-refractivity contribution < 1.29 is 19.4 Å². The third kappa shape index (κ3) is 3.17. The van der Waals surface area contributed by atoms with E-state index in [9.17, 15) is 9.59 Å². The summed E-state index contributed by atoms with van der Waals surface area (Å²) in [6.07, 6.45) is 0.972. The van der Waals surface area contributed by atoms with Gasteiger partial charge < -0.3 is 14.7 Å². The van der Waals surface area contributed by atoms with Crippen molar-refractivity contribution in [1.29, 1.82) is 0 Å². The van der Waals surface area contributed by atoms with Crippen LogP contribution in [0.4, 0.5) is 0 Å². The van der Waals surface area contributed by atoms with Crippen LogP contribution >= 0.6 is 0 Å². The van der Waals surface area contributed by atoms with Gasteiger partial charge in [-0.1, -0.05) is 12.1 Å². The Morgan fingerprint density at radius 1 is 1.40 bits per heavy atom. The summed E-state index contributed by atoms with van der Waals surface area (Å²) in [5.74, 6) is -0.845. The SMILES string of the molecule is CCOCCC(=O)N1CCc2c(cccc2C(=O)O)C1. The Morgan fingerprint density at radius 3 is 2.90 bits per heavy atom. The first-order valence-corrected chi connectivity index (χ1v) is 6.83. The third-order valence-corrected chi connectivity index (χ3v) is 3.51. The molecule has 5 heteroatoms. The molecule has 0 spiro atoms. The number of carbonyl (C=O) groups excluding carboxylic acids is 1. The van der Waals surface area contributed by atoms with E-state index < -0.39 is 5.97 Å². The van der Waals surface area contributed by atoms with Crippen molar-refractivity contribution in [3.63, 3.8) is 0 Å². The van der Waals surface area contributed by atoms with Crippen molar-refractivity contribution in [3.8, 4) is 0 Å². The molecule has 1 aromatic carbocycles. The summed E-state index contributed by atoms with van der Waals surface area (Å²) in [6.45, 7) is 4.00. The summed E-state index contributed by atoms with van der Waals surface area (Å²) >= 11 is 0. The monoisotopic (exact) mass is 277 g/mol. The Kier molecular flexibility index (Phi) is 4.74. The molecule has 0 fully saturated rings. The van der Waals surface area contributed by atoms with Crippen LogP contribution < -0.4 is 0 Å². The van der Waals surface area contributed by atoms with E-state index in [0.717, 1.165) is 11.1 Å². The Morgan fingerprint density at radius 2 is 2.20 bits per heavy atom. The smallest absolute Gasteiger partial charge is 0.335 e. The molecule has 1 heterocycles. The first-order chi connectivity index (χ1) is 9.63. The Bertz CT molecular complexity index is 513. The minimum absolute atomic E-state index is 0.0600. The van der Waals surface area contributed by atoms with Crippen LogP contribution in [0.3, 0.4) is 0 Å². The fourth-order valence-electron chi connectivity index (χ4n) is 2.48. The van der Waals surface area contributed by atoms with Crippen LogP contribution in [0.25, 0.3) is 0 Å². The molecular weight excluding hydrogens is 258 g/mol. The summed E-state index contributed by atoms with van der Waals surface area (Å²) in [4.78, 5) is 25.0. The number of nitrogens with zero attached hydrogens (tertiary/aromatic N) is 1. The van der Waals surface area contributed by atoms with Gasteiger partial charge in [0, 0.05) is 19.7 Å². The maximum atomic E-state index is 12.0. The van der Waals surface area contributed by atoms with E-state index in [1.165, 1.54) is 0 Å². The zero-order valence-corrected chi connectivity index (χ0v) is 11.6. The van der Waals surface area contributed by atoms with Gasteiger partial charge in [-0.05, 0) is 30.5 Å². The third-order valence-electron chi connectivity index (χ3n) is 3.51. The quantitative estimate of drug-likeness (QED) is 0.832. The number of carboxylic acids is 1. The van der Waals surface area contributed by atoms with Gasteiger partial charge in [0.25, 0.3) is 0 Å². The molecule has 2 rings (SSSR count). The van der Waals surface area contributed by atoms with Crippen molar-refractivity contribution >= 4 is 11.9 Å². The van der Waals surface area contributed by atoms with E-state index in [1.807, 2.05) is 13.0 Å². The van der Waals surface area contributed by atoms with Gasteiger partial charge in [0.05, 0.1) is 18.6 Å².